The molecular formula is C10H12Cl2N2O3S. The summed E-state index contributed by atoms with van der Waals surface area (Å²) in [4.78, 5) is 11.8. The number of halogens is 2. The molecule has 0 saturated carbocycles. The Balaban J connectivity index is 2.79. The zero-order valence-corrected chi connectivity index (χ0v) is 11.9. The summed E-state index contributed by atoms with van der Waals surface area (Å²) in [5, 5.41) is 2.69. The Hall–Kier alpha value is -0.980. The fraction of sp³-hybridized carbons (Fsp3) is 0.300. The van der Waals surface area contributed by atoms with Crippen molar-refractivity contribution in [2.45, 2.75) is 0 Å². The van der Waals surface area contributed by atoms with Gasteiger partial charge in [-0.15, -0.1) is 0 Å². The van der Waals surface area contributed by atoms with Gasteiger partial charge >= 0.3 is 0 Å². The second-order valence-corrected chi connectivity index (χ2v) is 6.79. The summed E-state index contributed by atoms with van der Waals surface area (Å²) >= 11 is 11.6. The molecule has 0 saturated heterocycles. The van der Waals surface area contributed by atoms with Gasteiger partial charge in [0.25, 0.3) is 5.91 Å². The predicted octanol–water partition coefficient (Wildman–Crippen LogP) is 1.35. The molecular weight excluding hydrogens is 299 g/mol. The van der Waals surface area contributed by atoms with Crippen molar-refractivity contribution in [3.8, 4) is 0 Å². The fourth-order valence-corrected chi connectivity index (χ4v) is 2.12. The summed E-state index contributed by atoms with van der Waals surface area (Å²) in [7, 11) is -3.13. The van der Waals surface area contributed by atoms with E-state index in [0.717, 1.165) is 6.26 Å². The molecule has 0 aliphatic heterocycles. The Bertz CT molecular complexity index is 573. The van der Waals surface area contributed by atoms with E-state index in [9.17, 15) is 13.2 Å². The normalized spacial score (nSPS) is 11.3. The van der Waals surface area contributed by atoms with E-state index in [-0.39, 0.29) is 27.9 Å². The van der Waals surface area contributed by atoms with Gasteiger partial charge in [0, 0.05) is 18.5 Å². The van der Waals surface area contributed by atoms with Crippen molar-refractivity contribution in [3.05, 3.63) is 27.7 Å². The van der Waals surface area contributed by atoms with Crippen molar-refractivity contribution >= 4 is 44.6 Å². The SMILES string of the molecule is CS(=O)(=O)CCNC(=O)c1cc(N)cc(Cl)c1Cl. The van der Waals surface area contributed by atoms with Gasteiger partial charge in [-0.3, -0.25) is 4.79 Å². The number of anilines is 1. The van der Waals surface area contributed by atoms with Crippen molar-refractivity contribution in [2.75, 3.05) is 24.3 Å². The highest BCUT2D eigenvalue weighted by atomic mass is 35.5. The van der Waals surface area contributed by atoms with Crippen molar-refractivity contribution in [1.82, 2.24) is 5.32 Å². The number of sulfone groups is 1. The third-order valence-electron chi connectivity index (χ3n) is 2.05. The maximum atomic E-state index is 11.8. The van der Waals surface area contributed by atoms with Crippen LogP contribution in [0.3, 0.4) is 0 Å². The quantitative estimate of drug-likeness (QED) is 0.821. The molecule has 100 valence electrons. The molecule has 0 unspecified atom stereocenters. The Morgan fingerprint density at radius 2 is 2.00 bits per heavy atom. The van der Waals surface area contributed by atoms with Gasteiger partial charge in [0.2, 0.25) is 0 Å². The number of nitrogen functional groups attached to an aromatic ring is 1. The van der Waals surface area contributed by atoms with Gasteiger partial charge in [-0.2, -0.15) is 0 Å². The average molecular weight is 311 g/mol. The van der Waals surface area contributed by atoms with Crippen LogP contribution in [-0.2, 0) is 9.84 Å². The molecule has 0 heterocycles. The largest absolute Gasteiger partial charge is 0.399 e. The highest BCUT2D eigenvalue weighted by Gasteiger charge is 2.14. The van der Waals surface area contributed by atoms with E-state index in [1.165, 1.54) is 12.1 Å². The molecule has 1 rings (SSSR count). The van der Waals surface area contributed by atoms with Crippen LogP contribution in [0.1, 0.15) is 10.4 Å². The summed E-state index contributed by atoms with van der Waals surface area (Å²) in [6.45, 7) is 0.000410. The fourth-order valence-electron chi connectivity index (χ4n) is 1.22. The van der Waals surface area contributed by atoms with Crippen LogP contribution >= 0.6 is 23.2 Å². The molecule has 0 fully saturated rings. The number of rotatable bonds is 4. The van der Waals surface area contributed by atoms with Crippen LogP contribution in [0.2, 0.25) is 10.0 Å². The van der Waals surface area contributed by atoms with Crippen molar-refractivity contribution in [3.63, 3.8) is 0 Å². The lowest BCUT2D eigenvalue weighted by molar-refractivity contribution is 0.0956. The average Bonchev–Trinajstić information content (AvgIpc) is 2.21. The maximum absolute atomic E-state index is 11.8. The van der Waals surface area contributed by atoms with Gasteiger partial charge in [0.15, 0.2) is 0 Å². The molecule has 1 aromatic carbocycles. The Morgan fingerprint density at radius 1 is 1.39 bits per heavy atom. The predicted molar refractivity (Wildman–Crippen MR) is 72.9 cm³/mol. The zero-order chi connectivity index (χ0) is 13.9. The number of carbonyl (C=O) groups is 1. The molecule has 0 bridgehead atoms. The summed E-state index contributed by atoms with van der Waals surface area (Å²) in [5.74, 6) is -0.662. The van der Waals surface area contributed by atoms with E-state index in [2.05, 4.69) is 5.32 Å². The minimum atomic E-state index is -3.13. The van der Waals surface area contributed by atoms with Gasteiger partial charge in [0.1, 0.15) is 9.84 Å². The first-order chi connectivity index (χ1) is 8.20. The van der Waals surface area contributed by atoms with E-state index in [4.69, 9.17) is 28.9 Å². The lowest BCUT2D eigenvalue weighted by Crippen LogP contribution is -2.29. The van der Waals surface area contributed by atoms with Crippen LogP contribution in [0.4, 0.5) is 5.69 Å². The number of hydrogen-bond acceptors (Lipinski definition) is 4. The van der Waals surface area contributed by atoms with Gasteiger partial charge in [-0.05, 0) is 12.1 Å². The van der Waals surface area contributed by atoms with Crippen molar-refractivity contribution in [1.29, 1.82) is 0 Å². The molecule has 0 radical (unpaired) electrons. The minimum absolute atomic E-state index is 0.000410. The van der Waals surface area contributed by atoms with E-state index in [0.29, 0.717) is 5.69 Å². The molecule has 3 N–H and O–H groups in total. The number of nitrogens with one attached hydrogen (secondary N) is 1. The standard InChI is InChI=1S/C10H12Cl2N2O3S/c1-18(16,17)3-2-14-10(15)7-4-6(13)5-8(11)9(7)12/h4-5H,2-3,13H2,1H3,(H,14,15). The topological polar surface area (TPSA) is 89.3 Å². The molecule has 18 heavy (non-hydrogen) atoms. The number of nitrogens with two attached hydrogens (primary N) is 1. The maximum Gasteiger partial charge on any atom is 0.252 e. The Kier molecular flexibility index (Phi) is 4.84. The lowest BCUT2D eigenvalue weighted by atomic mass is 10.2. The molecule has 0 aliphatic rings. The van der Waals surface area contributed by atoms with Crippen molar-refractivity contribution in [2.24, 2.45) is 0 Å². The number of benzene rings is 1. The molecule has 0 spiro atoms. The molecule has 1 amide bonds. The summed E-state index contributed by atoms with van der Waals surface area (Å²) in [6.07, 6.45) is 1.09. The minimum Gasteiger partial charge on any atom is -0.399 e. The summed E-state index contributed by atoms with van der Waals surface area (Å²) in [6, 6.07) is 2.81. The zero-order valence-electron chi connectivity index (χ0n) is 9.54. The first-order valence-electron chi connectivity index (χ1n) is 4.91. The third-order valence-corrected chi connectivity index (χ3v) is 3.80. The number of amides is 1. The second kappa shape index (κ2) is 5.77. The van der Waals surface area contributed by atoms with Gasteiger partial charge in [0.05, 0.1) is 21.4 Å². The van der Waals surface area contributed by atoms with Crippen LogP contribution in [0, 0.1) is 0 Å². The first kappa shape index (κ1) is 15.1. The number of carbonyl (C=O) groups excluding carboxylic acids is 1. The van der Waals surface area contributed by atoms with Crippen LogP contribution < -0.4 is 11.1 Å². The molecule has 8 heteroatoms. The second-order valence-electron chi connectivity index (χ2n) is 3.75. The van der Waals surface area contributed by atoms with E-state index in [1.807, 2.05) is 0 Å². The monoisotopic (exact) mass is 310 g/mol. The summed E-state index contributed by atoms with van der Waals surface area (Å²) < 4.78 is 21.8. The third kappa shape index (κ3) is 4.36. The van der Waals surface area contributed by atoms with Crippen LogP contribution in [0.15, 0.2) is 12.1 Å². The van der Waals surface area contributed by atoms with E-state index < -0.39 is 15.7 Å². The Morgan fingerprint density at radius 3 is 2.56 bits per heavy atom. The summed E-state index contributed by atoms with van der Waals surface area (Å²) in [5.41, 5.74) is 5.97. The van der Waals surface area contributed by atoms with E-state index >= 15 is 0 Å². The Labute approximate surface area is 115 Å². The molecule has 5 nitrogen and oxygen atoms in total. The lowest BCUT2D eigenvalue weighted by Gasteiger charge is -2.08. The molecule has 1 aromatic rings. The molecule has 0 aliphatic carbocycles. The number of hydrogen-bond donors (Lipinski definition) is 2. The molecule has 0 aromatic heterocycles. The van der Waals surface area contributed by atoms with Gasteiger partial charge in [-0.25, -0.2) is 8.42 Å². The van der Waals surface area contributed by atoms with Gasteiger partial charge in [-0.1, -0.05) is 23.2 Å². The highest BCUT2D eigenvalue weighted by Crippen LogP contribution is 2.28. The van der Waals surface area contributed by atoms with Crippen LogP contribution in [0.5, 0.6) is 0 Å². The highest BCUT2D eigenvalue weighted by molar-refractivity contribution is 7.90. The molecule has 0 atom stereocenters. The first-order valence-corrected chi connectivity index (χ1v) is 7.73. The van der Waals surface area contributed by atoms with Gasteiger partial charge < -0.3 is 11.1 Å². The smallest absolute Gasteiger partial charge is 0.252 e. The van der Waals surface area contributed by atoms with E-state index in [1.54, 1.807) is 0 Å². The van der Waals surface area contributed by atoms with Crippen molar-refractivity contribution < 1.29 is 13.2 Å². The van der Waals surface area contributed by atoms with Crippen LogP contribution in [-0.4, -0.2) is 32.9 Å². The van der Waals surface area contributed by atoms with Crippen LogP contribution in [0.25, 0.3) is 0 Å².